The van der Waals surface area contributed by atoms with Gasteiger partial charge in [0.2, 0.25) is 0 Å². The lowest BCUT2D eigenvalue weighted by Gasteiger charge is -2.20. The molecule has 8 nitrogen and oxygen atoms in total. The van der Waals surface area contributed by atoms with Crippen molar-refractivity contribution in [2.45, 2.75) is 38.1 Å². The number of nitrogens with one attached hydrogen (secondary N) is 2. The summed E-state index contributed by atoms with van der Waals surface area (Å²) in [7, 11) is 3.97. The summed E-state index contributed by atoms with van der Waals surface area (Å²) in [5, 5.41) is 14.2. The molecule has 2 N–H and O–H groups in total. The second kappa shape index (κ2) is 13.7. The Morgan fingerprint density at radius 3 is 2.26 bits per heavy atom. The van der Waals surface area contributed by atoms with Gasteiger partial charge in [0.05, 0.1) is 12.4 Å². The molecule has 0 aliphatic heterocycles. The minimum Gasteiger partial charge on any atom is -0.317 e. The van der Waals surface area contributed by atoms with Crippen LogP contribution < -0.4 is 5.32 Å². The number of aryl methyl sites for hydroxylation is 1. The molecule has 35 heavy (non-hydrogen) atoms. The molecule has 4 aromatic rings. The second-order valence-electron chi connectivity index (χ2n) is 8.26. The van der Waals surface area contributed by atoms with Gasteiger partial charge < -0.3 is 5.32 Å². The molecule has 0 spiro atoms. The summed E-state index contributed by atoms with van der Waals surface area (Å²) >= 11 is 0. The Labute approximate surface area is 206 Å². The van der Waals surface area contributed by atoms with Gasteiger partial charge in [0.1, 0.15) is 6.29 Å². The molecule has 0 bridgehead atoms. The number of allylic oxidation sites excluding steroid dienone is 1. The first-order valence-electron chi connectivity index (χ1n) is 11.8. The summed E-state index contributed by atoms with van der Waals surface area (Å²) in [6.45, 7) is 3.11. The van der Waals surface area contributed by atoms with E-state index < -0.39 is 0 Å². The number of carbonyl (C=O) groups excluding carboxylic acids is 1. The van der Waals surface area contributed by atoms with Gasteiger partial charge in [-0.2, -0.15) is 10.2 Å². The van der Waals surface area contributed by atoms with Crippen LogP contribution >= 0.6 is 0 Å². The van der Waals surface area contributed by atoms with Crippen LogP contribution in [0.15, 0.2) is 74.1 Å². The molecule has 1 fully saturated rings. The Balaban J connectivity index is 0.000000237. The predicted molar refractivity (Wildman–Crippen MR) is 139 cm³/mol. The smallest absolute Gasteiger partial charge is 0.159 e. The number of nitrogens with zero attached hydrogens (tertiary/aromatic N) is 5. The van der Waals surface area contributed by atoms with E-state index in [9.17, 15) is 0 Å². The van der Waals surface area contributed by atoms with Crippen LogP contribution in [-0.4, -0.2) is 49.3 Å². The van der Waals surface area contributed by atoms with Crippen molar-refractivity contribution in [3.63, 3.8) is 0 Å². The number of aromatic amines is 1. The van der Waals surface area contributed by atoms with E-state index in [1.807, 2.05) is 50.2 Å². The van der Waals surface area contributed by atoms with Crippen LogP contribution in [0, 0.1) is 0 Å². The van der Waals surface area contributed by atoms with Crippen LogP contribution in [-0.2, 0) is 11.8 Å². The van der Waals surface area contributed by atoms with Crippen LogP contribution in [0.25, 0.3) is 33.6 Å². The number of benzene rings is 1. The molecule has 182 valence electrons. The van der Waals surface area contributed by atoms with Crippen molar-refractivity contribution in [2.24, 2.45) is 7.05 Å². The standard InChI is InChI=1S/C17H14N6.C7H15N.C3H4O/c1-23-11-16(10-22-23)12-3-2-4-13(5-12)17-18-6-14(7-19-17)15-8-20-21-9-15;1-8-7-5-3-2-4-6-7;1-2-3-4/h2-11H,1H3,(H,20,21);7-8H,2-6H2,1H3;2-3H,1H2. The Morgan fingerprint density at radius 2 is 1.71 bits per heavy atom. The first-order chi connectivity index (χ1) is 17.1. The molecule has 0 amide bonds. The molecule has 3 heterocycles. The Bertz CT molecular complexity index is 1150. The summed E-state index contributed by atoms with van der Waals surface area (Å²) in [6.07, 6.45) is 20.0. The fourth-order valence-electron chi connectivity index (χ4n) is 3.83. The van der Waals surface area contributed by atoms with Gasteiger partial charge in [-0.15, -0.1) is 0 Å². The first-order valence-corrected chi connectivity index (χ1v) is 11.8. The van der Waals surface area contributed by atoms with Crippen LogP contribution in [0.2, 0.25) is 0 Å². The summed E-state index contributed by atoms with van der Waals surface area (Å²) in [4.78, 5) is 18.0. The van der Waals surface area contributed by atoms with Gasteiger partial charge in [0.25, 0.3) is 0 Å². The van der Waals surface area contributed by atoms with Crippen LogP contribution in [0.3, 0.4) is 0 Å². The number of aldehydes is 1. The molecule has 1 aliphatic rings. The Hall–Kier alpha value is -3.91. The zero-order chi connectivity index (χ0) is 24.9. The Morgan fingerprint density at radius 1 is 1.00 bits per heavy atom. The van der Waals surface area contributed by atoms with Crippen LogP contribution in [0.4, 0.5) is 0 Å². The highest BCUT2D eigenvalue weighted by Crippen LogP contribution is 2.25. The van der Waals surface area contributed by atoms with Gasteiger partial charge in [-0.05, 0) is 37.6 Å². The van der Waals surface area contributed by atoms with Crippen molar-refractivity contribution in [3.8, 4) is 33.6 Å². The van der Waals surface area contributed by atoms with Crippen molar-refractivity contribution >= 4 is 6.29 Å². The van der Waals surface area contributed by atoms with E-state index >= 15 is 0 Å². The van der Waals surface area contributed by atoms with E-state index in [-0.39, 0.29) is 0 Å². The molecule has 1 saturated carbocycles. The van der Waals surface area contributed by atoms with E-state index in [1.54, 1.807) is 10.9 Å². The molecule has 0 radical (unpaired) electrons. The SMILES string of the molecule is C=CC=O.CNC1CCCCC1.Cn1cc(-c2cccc(-c3ncc(-c4cn[nH]c4)cn3)c2)cn1. The summed E-state index contributed by atoms with van der Waals surface area (Å²) in [5.74, 6) is 0.697. The lowest BCUT2D eigenvalue weighted by molar-refractivity contribution is -0.104. The average Bonchev–Trinajstić information content (AvgIpc) is 3.62. The van der Waals surface area contributed by atoms with E-state index in [2.05, 4.69) is 56.3 Å². The fraction of sp³-hybridized carbons (Fsp3) is 0.296. The topological polar surface area (TPSA) is 101 Å². The van der Waals surface area contributed by atoms with E-state index in [1.165, 1.54) is 38.2 Å². The molecule has 5 rings (SSSR count). The lowest BCUT2D eigenvalue weighted by Crippen LogP contribution is -2.26. The largest absolute Gasteiger partial charge is 0.317 e. The third kappa shape index (κ3) is 7.82. The van der Waals surface area contributed by atoms with E-state index in [4.69, 9.17) is 4.79 Å². The summed E-state index contributed by atoms with van der Waals surface area (Å²) < 4.78 is 1.79. The molecule has 0 saturated heterocycles. The zero-order valence-electron chi connectivity index (χ0n) is 20.4. The number of H-pyrrole nitrogens is 1. The number of hydrogen-bond donors (Lipinski definition) is 2. The summed E-state index contributed by atoms with van der Waals surface area (Å²) in [6, 6.07) is 8.98. The van der Waals surface area contributed by atoms with Crippen molar-refractivity contribution < 1.29 is 4.79 Å². The number of carbonyl (C=O) groups is 1. The van der Waals surface area contributed by atoms with Gasteiger partial charge in [0, 0.05) is 60.1 Å². The van der Waals surface area contributed by atoms with Crippen LogP contribution in [0.5, 0.6) is 0 Å². The molecule has 0 unspecified atom stereocenters. The lowest BCUT2D eigenvalue weighted by atomic mass is 9.96. The van der Waals surface area contributed by atoms with Crippen molar-refractivity contribution in [1.82, 2.24) is 35.3 Å². The second-order valence-corrected chi connectivity index (χ2v) is 8.26. The van der Waals surface area contributed by atoms with E-state index in [0.717, 1.165) is 33.9 Å². The highest BCUT2D eigenvalue weighted by atomic mass is 16.1. The quantitative estimate of drug-likeness (QED) is 0.319. The van der Waals surface area contributed by atoms with Crippen molar-refractivity contribution in [3.05, 3.63) is 74.1 Å². The Kier molecular flexibility index (Phi) is 10.1. The van der Waals surface area contributed by atoms with Gasteiger partial charge in [0.15, 0.2) is 5.82 Å². The van der Waals surface area contributed by atoms with Gasteiger partial charge in [-0.25, -0.2) is 9.97 Å². The molecule has 0 atom stereocenters. The van der Waals surface area contributed by atoms with Gasteiger partial charge in [-0.3, -0.25) is 14.6 Å². The van der Waals surface area contributed by atoms with Gasteiger partial charge >= 0.3 is 0 Å². The predicted octanol–water partition coefficient (Wildman–Crippen LogP) is 4.84. The van der Waals surface area contributed by atoms with Gasteiger partial charge in [-0.1, -0.05) is 44.0 Å². The maximum atomic E-state index is 9.06. The highest BCUT2D eigenvalue weighted by Gasteiger charge is 2.09. The first kappa shape index (κ1) is 25.7. The molecular weight excluding hydrogens is 438 g/mol. The maximum absolute atomic E-state index is 9.06. The number of aromatic nitrogens is 6. The third-order valence-corrected chi connectivity index (χ3v) is 5.75. The molecule has 3 aromatic heterocycles. The molecule has 1 aliphatic carbocycles. The third-order valence-electron chi connectivity index (χ3n) is 5.75. The maximum Gasteiger partial charge on any atom is 0.159 e. The molecule has 1 aromatic carbocycles. The molecule has 8 heteroatoms. The number of hydrogen-bond acceptors (Lipinski definition) is 6. The normalized spacial score (nSPS) is 13.1. The highest BCUT2D eigenvalue weighted by molar-refractivity contribution is 5.70. The zero-order valence-corrected chi connectivity index (χ0v) is 20.4. The minimum atomic E-state index is 0.639. The van der Waals surface area contributed by atoms with Crippen molar-refractivity contribution in [2.75, 3.05) is 7.05 Å². The van der Waals surface area contributed by atoms with Crippen LogP contribution in [0.1, 0.15) is 32.1 Å². The van der Waals surface area contributed by atoms with E-state index in [0.29, 0.717) is 12.1 Å². The average molecular weight is 472 g/mol. The minimum absolute atomic E-state index is 0.639. The molecular formula is C27H33N7O. The fourth-order valence-corrected chi connectivity index (χ4v) is 3.83. The monoisotopic (exact) mass is 471 g/mol. The number of rotatable bonds is 5. The van der Waals surface area contributed by atoms with Crippen molar-refractivity contribution in [1.29, 1.82) is 0 Å². The summed E-state index contributed by atoms with van der Waals surface area (Å²) in [5.41, 5.74) is 5.05.